The number of hydrogen-bond donors (Lipinski definition) is 0. The summed E-state index contributed by atoms with van der Waals surface area (Å²) in [7, 11) is 0. The van der Waals surface area contributed by atoms with Crippen molar-refractivity contribution in [3.05, 3.63) is 53.0 Å². The molecule has 1 atom stereocenters. The highest BCUT2D eigenvalue weighted by atomic mass is 32.2. The molecule has 0 saturated carbocycles. The van der Waals surface area contributed by atoms with Crippen LogP contribution in [0.15, 0.2) is 47.4 Å². The summed E-state index contributed by atoms with van der Waals surface area (Å²) in [5.41, 5.74) is 2.03. The van der Waals surface area contributed by atoms with Crippen LogP contribution in [0.2, 0.25) is 0 Å². The van der Waals surface area contributed by atoms with Crippen LogP contribution in [0, 0.1) is 12.8 Å². The van der Waals surface area contributed by atoms with E-state index in [1.165, 1.54) is 17.3 Å². The molecule has 1 unspecified atom stereocenters. The number of hydrogen-bond acceptors (Lipinski definition) is 3. The normalized spacial score (nSPS) is 24.1. The number of thiocarbonyl (C=S) groups is 1. The van der Waals surface area contributed by atoms with Gasteiger partial charge in [-0.3, -0.25) is 9.69 Å². The Morgan fingerprint density at radius 1 is 1.29 bits per heavy atom. The summed E-state index contributed by atoms with van der Waals surface area (Å²) in [5, 5.41) is 0. The van der Waals surface area contributed by atoms with Gasteiger partial charge in [0.1, 0.15) is 0 Å². The molecular formula is C17H17NOS2. The van der Waals surface area contributed by atoms with Gasteiger partial charge in [0.2, 0.25) is 0 Å². The van der Waals surface area contributed by atoms with Crippen LogP contribution in [-0.2, 0) is 4.79 Å². The number of anilines is 1. The van der Waals surface area contributed by atoms with Crippen molar-refractivity contribution in [3.63, 3.8) is 0 Å². The van der Waals surface area contributed by atoms with Gasteiger partial charge in [0.15, 0.2) is 4.32 Å². The molecule has 21 heavy (non-hydrogen) atoms. The summed E-state index contributed by atoms with van der Waals surface area (Å²) < 4.78 is 0.626. The fourth-order valence-corrected chi connectivity index (χ4v) is 3.95. The number of allylic oxidation sites excluding steroid dienone is 3. The first kappa shape index (κ1) is 14.5. The van der Waals surface area contributed by atoms with Crippen molar-refractivity contribution in [2.24, 2.45) is 5.92 Å². The van der Waals surface area contributed by atoms with E-state index in [1.807, 2.05) is 31.2 Å². The Kier molecular flexibility index (Phi) is 4.27. The molecule has 3 rings (SSSR count). The summed E-state index contributed by atoms with van der Waals surface area (Å²) >= 11 is 6.81. The molecule has 2 aliphatic rings. The van der Waals surface area contributed by atoms with Gasteiger partial charge in [-0.15, -0.1) is 0 Å². The van der Waals surface area contributed by atoms with Crippen LogP contribution in [0.4, 0.5) is 5.69 Å². The Morgan fingerprint density at radius 2 is 2.05 bits per heavy atom. The van der Waals surface area contributed by atoms with E-state index in [9.17, 15) is 4.79 Å². The van der Waals surface area contributed by atoms with Crippen molar-refractivity contribution in [3.8, 4) is 0 Å². The summed E-state index contributed by atoms with van der Waals surface area (Å²) in [6.07, 6.45) is 9.75. The molecule has 1 amide bonds. The maximum Gasteiger partial charge on any atom is 0.270 e. The van der Waals surface area contributed by atoms with Crippen LogP contribution < -0.4 is 4.90 Å². The van der Waals surface area contributed by atoms with Crippen LogP contribution in [0.1, 0.15) is 24.8 Å². The van der Waals surface area contributed by atoms with Crippen molar-refractivity contribution in [2.75, 3.05) is 4.90 Å². The highest BCUT2D eigenvalue weighted by molar-refractivity contribution is 8.27. The lowest BCUT2D eigenvalue weighted by Crippen LogP contribution is -2.27. The van der Waals surface area contributed by atoms with E-state index < -0.39 is 0 Å². The molecule has 1 aliphatic carbocycles. The van der Waals surface area contributed by atoms with Gasteiger partial charge < -0.3 is 0 Å². The third-order valence-electron chi connectivity index (χ3n) is 3.78. The summed E-state index contributed by atoms with van der Waals surface area (Å²) in [4.78, 5) is 15.0. The first-order chi connectivity index (χ1) is 10.1. The minimum absolute atomic E-state index is 0.0170. The number of amides is 1. The molecule has 0 bridgehead atoms. The van der Waals surface area contributed by atoms with Crippen LogP contribution in [0.5, 0.6) is 0 Å². The molecule has 1 aliphatic heterocycles. The van der Waals surface area contributed by atoms with E-state index in [-0.39, 0.29) is 5.91 Å². The highest BCUT2D eigenvalue weighted by Gasteiger charge is 2.33. The van der Waals surface area contributed by atoms with Crippen molar-refractivity contribution in [1.82, 2.24) is 0 Å². The minimum atomic E-state index is 0.0170. The van der Waals surface area contributed by atoms with Gasteiger partial charge in [0.25, 0.3) is 5.91 Å². The minimum Gasteiger partial charge on any atom is -0.268 e. The second kappa shape index (κ2) is 6.16. The Labute approximate surface area is 134 Å². The van der Waals surface area contributed by atoms with Gasteiger partial charge in [-0.05, 0) is 44.2 Å². The monoisotopic (exact) mass is 315 g/mol. The van der Waals surface area contributed by atoms with E-state index >= 15 is 0 Å². The first-order valence-electron chi connectivity index (χ1n) is 7.15. The van der Waals surface area contributed by atoms with Crippen LogP contribution in [0.3, 0.4) is 0 Å². The summed E-state index contributed by atoms with van der Waals surface area (Å²) in [6.45, 7) is 2.03. The number of carbonyl (C=O) groups is 1. The maximum atomic E-state index is 12.6. The molecule has 0 aromatic heterocycles. The van der Waals surface area contributed by atoms with Gasteiger partial charge in [0, 0.05) is 0 Å². The van der Waals surface area contributed by atoms with Crippen molar-refractivity contribution in [1.29, 1.82) is 0 Å². The summed E-state index contributed by atoms with van der Waals surface area (Å²) in [6, 6.07) is 7.91. The quantitative estimate of drug-likeness (QED) is 0.452. The molecule has 0 N–H and O–H groups in total. The van der Waals surface area contributed by atoms with Crippen LogP contribution in [-0.4, -0.2) is 10.2 Å². The third-order valence-corrected chi connectivity index (χ3v) is 5.10. The van der Waals surface area contributed by atoms with E-state index in [2.05, 4.69) is 18.2 Å². The SMILES string of the molecule is Cc1ccc(N2C(=O)C(=CC3CC=CCC3)SC2=S)cc1. The number of carbonyl (C=O) groups excluding carboxylic acids is 1. The number of benzene rings is 1. The first-order valence-corrected chi connectivity index (χ1v) is 8.37. The number of aryl methyl sites for hydroxylation is 1. The smallest absolute Gasteiger partial charge is 0.268 e. The maximum absolute atomic E-state index is 12.6. The van der Waals surface area contributed by atoms with Crippen molar-refractivity contribution >= 4 is 39.9 Å². The van der Waals surface area contributed by atoms with Crippen molar-refractivity contribution < 1.29 is 4.79 Å². The molecule has 4 heteroatoms. The van der Waals surface area contributed by atoms with E-state index in [0.717, 1.165) is 29.9 Å². The average Bonchev–Trinajstić information content (AvgIpc) is 2.76. The Hall–Kier alpha value is -1.39. The number of nitrogens with zero attached hydrogens (tertiary/aromatic N) is 1. The Balaban J connectivity index is 1.83. The molecule has 0 spiro atoms. The molecular weight excluding hydrogens is 298 g/mol. The lowest BCUT2D eigenvalue weighted by atomic mass is 9.94. The molecule has 1 aromatic rings. The molecule has 108 valence electrons. The lowest BCUT2D eigenvalue weighted by molar-refractivity contribution is -0.113. The van der Waals surface area contributed by atoms with Gasteiger partial charge in [-0.25, -0.2) is 0 Å². The molecule has 2 nitrogen and oxygen atoms in total. The standard InChI is InChI=1S/C17H17NOS2/c1-12-7-9-14(10-8-12)18-16(19)15(21-17(18)20)11-13-5-3-2-4-6-13/h2-3,7-11,13H,4-6H2,1H3. The highest BCUT2D eigenvalue weighted by Crippen LogP contribution is 2.36. The Bertz CT molecular complexity index is 631. The second-order valence-electron chi connectivity index (χ2n) is 5.42. The zero-order valence-electron chi connectivity index (χ0n) is 11.9. The average molecular weight is 315 g/mol. The fraction of sp³-hybridized carbons (Fsp3) is 0.294. The molecule has 1 fully saturated rings. The third kappa shape index (κ3) is 3.11. The number of rotatable bonds is 2. The molecule has 1 saturated heterocycles. The molecule has 0 radical (unpaired) electrons. The Morgan fingerprint density at radius 3 is 2.71 bits per heavy atom. The predicted molar refractivity (Wildman–Crippen MR) is 93.4 cm³/mol. The van der Waals surface area contributed by atoms with Crippen LogP contribution >= 0.6 is 24.0 Å². The van der Waals surface area contributed by atoms with E-state index in [1.54, 1.807) is 4.90 Å². The van der Waals surface area contributed by atoms with Gasteiger partial charge in [-0.1, -0.05) is 59.9 Å². The van der Waals surface area contributed by atoms with Gasteiger partial charge in [-0.2, -0.15) is 0 Å². The second-order valence-corrected chi connectivity index (χ2v) is 7.10. The van der Waals surface area contributed by atoms with E-state index in [4.69, 9.17) is 12.2 Å². The molecule has 1 aromatic carbocycles. The zero-order valence-corrected chi connectivity index (χ0v) is 13.5. The van der Waals surface area contributed by atoms with Crippen molar-refractivity contribution in [2.45, 2.75) is 26.2 Å². The number of thioether (sulfide) groups is 1. The molecule has 1 heterocycles. The largest absolute Gasteiger partial charge is 0.270 e. The van der Waals surface area contributed by atoms with E-state index in [0.29, 0.717) is 10.2 Å². The predicted octanol–water partition coefficient (Wildman–Crippen LogP) is 4.60. The fourth-order valence-electron chi connectivity index (χ4n) is 2.58. The van der Waals surface area contributed by atoms with Gasteiger partial charge in [0.05, 0.1) is 10.6 Å². The topological polar surface area (TPSA) is 20.3 Å². The zero-order chi connectivity index (χ0) is 14.8. The van der Waals surface area contributed by atoms with Crippen LogP contribution in [0.25, 0.3) is 0 Å². The van der Waals surface area contributed by atoms with Gasteiger partial charge >= 0.3 is 0 Å². The summed E-state index contributed by atoms with van der Waals surface area (Å²) in [5.74, 6) is 0.477. The lowest BCUT2D eigenvalue weighted by Gasteiger charge is -2.15.